The van der Waals surface area contributed by atoms with Crippen LogP contribution in [0.15, 0.2) is 0 Å². The fourth-order valence-corrected chi connectivity index (χ4v) is 5.27. The number of nitrogens with two attached hydrogens (primary N) is 1. The van der Waals surface area contributed by atoms with Crippen LogP contribution in [0, 0.1) is 5.92 Å². The lowest BCUT2D eigenvalue weighted by Crippen LogP contribution is -2.51. The van der Waals surface area contributed by atoms with Crippen molar-refractivity contribution in [3.63, 3.8) is 0 Å². The molecule has 0 spiro atoms. The van der Waals surface area contributed by atoms with Gasteiger partial charge < -0.3 is 11.1 Å². The molecule has 2 atom stereocenters. The van der Waals surface area contributed by atoms with Crippen LogP contribution in [0.3, 0.4) is 0 Å². The van der Waals surface area contributed by atoms with Gasteiger partial charge in [-0.05, 0) is 45.2 Å². The molecule has 0 radical (unpaired) electrons. The highest BCUT2D eigenvalue weighted by Gasteiger charge is 2.39. The van der Waals surface area contributed by atoms with Gasteiger partial charge in [0.2, 0.25) is 5.91 Å². The summed E-state index contributed by atoms with van der Waals surface area (Å²) in [5, 5.41) is 2.90. The Labute approximate surface area is 121 Å². The summed E-state index contributed by atoms with van der Waals surface area (Å²) in [6.45, 7) is 4.59. The van der Waals surface area contributed by atoms with Crippen LogP contribution in [0.25, 0.3) is 0 Å². The molecule has 2 aliphatic rings. The van der Waals surface area contributed by atoms with Crippen molar-refractivity contribution in [2.45, 2.75) is 31.7 Å². The van der Waals surface area contributed by atoms with Gasteiger partial charge in [0.1, 0.15) is 0 Å². The molecule has 0 aliphatic carbocycles. The van der Waals surface area contributed by atoms with E-state index in [0.29, 0.717) is 25.4 Å². The van der Waals surface area contributed by atoms with Crippen LogP contribution in [-0.2, 0) is 14.6 Å². The molecule has 2 unspecified atom stereocenters. The van der Waals surface area contributed by atoms with Gasteiger partial charge in [-0.2, -0.15) is 0 Å². The monoisotopic (exact) mass is 303 g/mol. The summed E-state index contributed by atoms with van der Waals surface area (Å²) in [4.78, 5) is 14.2. The standard InChI is InChI=1S/C13H25N3O3S/c1-13(4-6-20(18,19)10-13)15-12(17)9-16-5-2-3-11(7-14)8-16/h11H,2-10,14H2,1H3,(H,15,17). The molecule has 2 heterocycles. The van der Waals surface area contributed by atoms with Crippen molar-refractivity contribution in [1.29, 1.82) is 0 Å². The maximum Gasteiger partial charge on any atom is 0.234 e. The number of likely N-dealkylation sites (tertiary alicyclic amines) is 1. The molecule has 0 bridgehead atoms. The van der Waals surface area contributed by atoms with Gasteiger partial charge in [0, 0.05) is 6.54 Å². The first-order valence-corrected chi connectivity index (χ1v) is 9.08. The number of rotatable bonds is 4. The minimum atomic E-state index is -2.99. The third kappa shape index (κ3) is 4.17. The topological polar surface area (TPSA) is 92.5 Å². The lowest BCUT2D eigenvalue weighted by Gasteiger charge is -2.32. The van der Waals surface area contributed by atoms with Crippen LogP contribution in [0.4, 0.5) is 0 Å². The summed E-state index contributed by atoms with van der Waals surface area (Å²) in [6, 6.07) is 0. The first kappa shape index (κ1) is 15.7. The zero-order chi connectivity index (χ0) is 14.8. The van der Waals surface area contributed by atoms with E-state index in [2.05, 4.69) is 10.2 Å². The number of hydrogen-bond donors (Lipinski definition) is 2. The number of hydrogen-bond acceptors (Lipinski definition) is 5. The number of nitrogens with one attached hydrogen (secondary N) is 1. The second-order valence-corrected chi connectivity index (χ2v) is 8.61. The van der Waals surface area contributed by atoms with Gasteiger partial charge in [-0.15, -0.1) is 0 Å². The van der Waals surface area contributed by atoms with Gasteiger partial charge in [-0.1, -0.05) is 0 Å². The zero-order valence-electron chi connectivity index (χ0n) is 12.1. The Bertz CT molecular complexity index is 465. The Hall–Kier alpha value is -0.660. The highest BCUT2D eigenvalue weighted by molar-refractivity contribution is 7.91. The maximum atomic E-state index is 12.1. The molecule has 2 aliphatic heterocycles. The van der Waals surface area contributed by atoms with Crippen LogP contribution < -0.4 is 11.1 Å². The van der Waals surface area contributed by atoms with Gasteiger partial charge >= 0.3 is 0 Å². The summed E-state index contributed by atoms with van der Waals surface area (Å²) in [6.07, 6.45) is 2.71. The molecule has 2 rings (SSSR count). The van der Waals surface area contributed by atoms with E-state index in [1.54, 1.807) is 0 Å². The van der Waals surface area contributed by atoms with Crippen molar-refractivity contribution in [2.24, 2.45) is 11.7 Å². The molecule has 3 N–H and O–H groups in total. The fraction of sp³-hybridized carbons (Fsp3) is 0.923. The zero-order valence-corrected chi connectivity index (χ0v) is 12.9. The average molecular weight is 303 g/mol. The van der Waals surface area contributed by atoms with Crippen molar-refractivity contribution in [2.75, 3.05) is 37.7 Å². The third-order valence-corrected chi connectivity index (χ3v) is 6.15. The molecule has 2 fully saturated rings. The first-order chi connectivity index (χ1) is 9.32. The van der Waals surface area contributed by atoms with Crippen LogP contribution in [-0.4, -0.2) is 62.4 Å². The van der Waals surface area contributed by atoms with Gasteiger partial charge in [-0.25, -0.2) is 8.42 Å². The van der Waals surface area contributed by atoms with E-state index in [4.69, 9.17) is 5.73 Å². The van der Waals surface area contributed by atoms with Gasteiger partial charge in [0.05, 0.1) is 23.6 Å². The maximum absolute atomic E-state index is 12.1. The Morgan fingerprint density at radius 1 is 1.50 bits per heavy atom. The van der Waals surface area contributed by atoms with Crippen LogP contribution in [0.2, 0.25) is 0 Å². The lowest BCUT2D eigenvalue weighted by atomic mass is 9.98. The van der Waals surface area contributed by atoms with Crippen molar-refractivity contribution in [1.82, 2.24) is 10.2 Å². The molecular weight excluding hydrogens is 278 g/mol. The summed E-state index contributed by atoms with van der Waals surface area (Å²) in [7, 11) is -2.99. The molecule has 0 saturated carbocycles. The van der Waals surface area contributed by atoms with Gasteiger partial charge in [-0.3, -0.25) is 9.69 Å². The molecular formula is C13H25N3O3S. The molecule has 0 aromatic carbocycles. The quantitative estimate of drug-likeness (QED) is 0.720. The SMILES string of the molecule is CC1(NC(=O)CN2CCCC(CN)C2)CCS(=O)(=O)C1. The van der Waals surface area contributed by atoms with Crippen LogP contribution in [0.5, 0.6) is 0 Å². The minimum absolute atomic E-state index is 0.0527. The first-order valence-electron chi connectivity index (χ1n) is 7.26. The fourth-order valence-electron chi connectivity index (χ4n) is 3.18. The van der Waals surface area contributed by atoms with Crippen molar-refractivity contribution >= 4 is 15.7 Å². The average Bonchev–Trinajstić information content (AvgIpc) is 2.63. The van der Waals surface area contributed by atoms with E-state index < -0.39 is 15.4 Å². The lowest BCUT2D eigenvalue weighted by molar-refractivity contribution is -0.124. The molecule has 0 aromatic rings. The normalized spacial score (nSPS) is 34.0. The smallest absolute Gasteiger partial charge is 0.234 e. The second-order valence-electron chi connectivity index (χ2n) is 6.43. The summed E-state index contributed by atoms with van der Waals surface area (Å²) >= 11 is 0. The van der Waals surface area contributed by atoms with E-state index in [1.807, 2.05) is 6.92 Å². The third-order valence-electron chi connectivity index (χ3n) is 4.25. The molecule has 6 nitrogen and oxygen atoms in total. The van der Waals surface area contributed by atoms with E-state index in [9.17, 15) is 13.2 Å². The number of carbonyl (C=O) groups is 1. The molecule has 1 amide bonds. The van der Waals surface area contributed by atoms with Gasteiger partial charge in [0.15, 0.2) is 9.84 Å². The summed E-state index contributed by atoms with van der Waals surface area (Å²) in [5.74, 6) is 0.612. The van der Waals surface area contributed by atoms with E-state index >= 15 is 0 Å². The molecule has 20 heavy (non-hydrogen) atoms. The molecule has 116 valence electrons. The van der Waals surface area contributed by atoms with Crippen LogP contribution >= 0.6 is 0 Å². The highest BCUT2D eigenvalue weighted by Crippen LogP contribution is 2.23. The Morgan fingerprint density at radius 2 is 2.25 bits per heavy atom. The largest absolute Gasteiger partial charge is 0.349 e. The number of amides is 1. The minimum Gasteiger partial charge on any atom is -0.349 e. The Kier molecular flexibility index (Phi) is 4.71. The highest BCUT2D eigenvalue weighted by atomic mass is 32.2. The van der Waals surface area contributed by atoms with Crippen molar-refractivity contribution in [3.8, 4) is 0 Å². The predicted molar refractivity (Wildman–Crippen MR) is 78.0 cm³/mol. The predicted octanol–water partition coefficient (Wildman–Crippen LogP) is -0.649. The second kappa shape index (κ2) is 5.99. The van der Waals surface area contributed by atoms with Crippen LogP contribution in [0.1, 0.15) is 26.2 Å². The Morgan fingerprint density at radius 3 is 2.85 bits per heavy atom. The van der Waals surface area contributed by atoms with E-state index in [-0.39, 0.29) is 17.4 Å². The van der Waals surface area contributed by atoms with Gasteiger partial charge in [0.25, 0.3) is 0 Å². The van der Waals surface area contributed by atoms with Crippen molar-refractivity contribution < 1.29 is 13.2 Å². The molecule has 2 saturated heterocycles. The van der Waals surface area contributed by atoms with E-state index in [0.717, 1.165) is 25.9 Å². The number of piperidine rings is 1. The Balaban J connectivity index is 1.84. The number of carbonyl (C=O) groups excluding carboxylic acids is 1. The molecule has 0 aromatic heterocycles. The van der Waals surface area contributed by atoms with Crippen molar-refractivity contribution in [3.05, 3.63) is 0 Å². The molecule has 7 heteroatoms. The number of sulfone groups is 1. The van der Waals surface area contributed by atoms with E-state index in [1.165, 1.54) is 0 Å². The summed E-state index contributed by atoms with van der Waals surface area (Å²) in [5.41, 5.74) is 5.09. The number of nitrogens with zero attached hydrogens (tertiary/aromatic N) is 1. The summed E-state index contributed by atoms with van der Waals surface area (Å²) < 4.78 is 23.0.